The Morgan fingerprint density at radius 3 is 1.37 bits per heavy atom. The number of amides is 2. The van der Waals surface area contributed by atoms with E-state index in [4.69, 9.17) is 9.47 Å². The molecule has 0 aliphatic rings. The van der Waals surface area contributed by atoms with Gasteiger partial charge in [-0.15, -0.1) is 0 Å². The number of nitrogens with zero attached hydrogens (tertiary/aromatic N) is 4. The molecule has 0 aliphatic carbocycles. The first-order valence-corrected chi connectivity index (χ1v) is 11.5. The normalized spacial score (nSPS) is 10.2. The van der Waals surface area contributed by atoms with E-state index in [9.17, 15) is 18.4 Å². The molecule has 4 aromatic rings. The molecule has 10 nitrogen and oxygen atoms in total. The molecule has 0 aliphatic heterocycles. The molecular formula is C28H24CoF2N6O4. The molecule has 2 aromatic carbocycles. The van der Waals surface area contributed by atoms with Crippen LogP contribution in [-0.2, 0) is 16.8 Å². The predicted octanol–water partition coefficient (Wildman–Crippen LogP) is 3.98. The number of carbonyl (C=O) groups excluding carboxylic acids is 2. The van der Waals surface area contributed by atoms with Crippen LogP contribution in [0.3, 0.4) is 0 Å². The Morgan fingerprint density at radius 2 is 1.05 bits per heavy atom. The number of hydrogen-bond donors (Lipinski definition) is 2. The SMILES string of the molecule is COc1ccc(/C=N\NC(=O)c2ccncc2)cc1F.COc1ccc(/C=N\NC(=O)c2ccncc2)cc1F.[Co]. The molecule has 0 fully saturated rings. The van der Waals surface area contributed by atoms with E-state index in [-0.39, 0.29) is 40.1 Å². The number of methoxy groups -OCH3 is 2. The number of hydrogen-bond acceptors (Lipinski definition) is 8. The molecule has 2 amide bonds. The van der Waals surface area contributed by atoms with Gasteiger partial charge in [0.15, 0.2) is 23.1 Å². The minimum absolute atomic E-state index is 0. The Bertz CT molecular complexity index is 1380. The number of aromatic nitrogens is 2. The number of nitrogens with one attached hydrogen (secondary N) is 2. The fourth-order valence-corrected chi connectivity index (χ4v) is 2.99. The van der Waals surface area contributed by atoms with E-state index in [1.54, 1.807) is 36.4 Å². The Morgan fingerprint density at radius 1 is 0.683 bits per heavy atom. The van der Waals surface area contributed by atoms with Crippen LogP contribution in [0.4, 0.5) is 8.78 Å². The summed E-state index contributed by atoms with van der Waals surface area (Å²) in [5.41, 5.74) is 6.60. The maximum absolute atomic E-state index is 13.4. The van der Waals surface area contributed by atoms with E-state index in [2.05, 4.69) is 31.0 Å². The molecule has 2 heterocycles. The Kier molecular flexibility index (Phi) is 13.2. The average molecular weight is 605 g/mol. The Balaban J connectivity index is 0.000000280. The van der Waals surface area contributed by atoms with Crippen LogP contribution in [0.5, 0.6) is 11.5 Å². The number of benzene rings is 2. The van der Waals surface area contributed by atoms with Crippen molar-refractivity contribution < 1.29 is 44.6 Å². The summed E-state index contributed by atoms with van der Waals surface area (Å²) in [4.78, 5) is 30.9. The van der Waals surface area contributed by atoms with Gasteiger partial charge in [-0.25, -0.2) is 19.6 Å². The van der Waals surface area contributed by atoms with Crippen LogP contribution in [0.15, 0.2) is 95.7 Å². The van der Waals surface area contributed by atoms with Crippen LogP contribution in [-0.4, -0.2) is 48.4 Å². The minimum atomic E-state index is -0.489. The molecule has 13 heteroatoms. The molecule has 0 saturated carbocycles. The topological polar surface area (TPSA) is 127 Å². The van der Waals surface area contributed by atoms with Crippen LogP contribution in [0, 0.1) is 11.6 Å². The van der Waals surface area contributed by atoms with E-state index in [0.29, 0.717) is 22.3 Å². The molecule has 0 atom stereocenters. The first-order valence-electron chi connectivity index (χ1n) is 11.5. The summed E-state index contributed by atoms with van der Waals surface area (Å²) >= 11 is 0. The molecule has 2 aromatic heterocycles. The van der Waals surface area contributed by atoms with Gasteiger partial charge >= 0.3 is 0 Å². The maximum Gasteiger partial charge on any atom is 0.271 e. The van der Waals surface area contributed by atoms with Gasteiger partial charge in [-0.05, 0) is 71.8 Å². The third kappa shape index (κ3) is 10.2. The molecule has 213 valence electrons. The molecule has 0 unspecified atom stereocenters. The zero-order chi connectivity index (χ0) is 28.7. The maximum atomic E-state index is 13.4. The number of hydrazone groups is 2. The van der Waals surface area contributed by atoms with Crippen molar-refractivity contribution in [3.8, 4) is 11.5 Å². The average Bonchev–Trinajstić information content (AvgIpc) is 2.98. The fourth-order valence-electron chi connectivity index (χ4n) is 2.99. The zero-order valence-corrected chi connectivity index (χ0v) is 22.8. The summed E-state index contributed by atoms with van der Waals surface area (Å²) in [7, 11) is 2.78. The molecule has 0 bridgehead atoms. The number of halogens is 2. The second-order valence-electron chi connectivity index (χ2n) is 7.66. The molecule has 1 radical (unpaired) electrons. The standard InChI is InChI=1S/2C14H12FN3O2.Co/c2*1-20-13-3-2-10(8-12(13)15)9-17-18-14(19)11-4-6-16-7-5-11;/h2*2-9H,1H3,(H,18,19);/b2*17-9-;. The van der Waals surface area contributed by atoms with Crippen molar-refractivity contribution in [1.29, 1.82) is 0 Å². The summed E-state index contributed by atoms with van der Waals surface area (Å²) in [5.74, 6) is -1.39. The van der Waals surface area contributed by atoms with Crippen molar-refractivity contribution in [3.05, 3.63) is 119 Å². The first kappa shape index (κ1) is 32.2. The van der Waals surface area contributed by atoms with Crippen molar-refractivity contribution in [2.24, 2.45) is 10.2 Å². The summed E-state index contributed by atoms with van der Waals surface area (Å²) in [6, 6.07) is 15.0. The van der Waals surface area contributed by atoms with E-state index in [1.165, 1.54) is 75.7 Å². The molecule has 41 heavy (non-hydrogen) atoms. The zero-order valence-electron chi connectivity index (χ0n) is 21.7. The number of ether oxygens (including phenoxy) is 2. The monoisotopic (exact) mass is 605 g/mol. The van der Waals surface area contributed by atoms with E-state index in [1.807, 2.05) is 0 Å². The van der Waals surface area contributed by atoms with Gasteiger partial charge in [0.25, 0.3) is 11.8 Å². The van der Waals surface area contributed by atoms with Gasteiger partial charge in [0.05, 0.1) is 26.6 Å². The number of rotatable bonds is 8. The number of carbonyl (C=O) groups is 2. The van der Waals surface area contributed by atoms with Gasteiger partial charge in [0.1, 0.15) is 0 Å². The molecule has 2 N–H and O–H groups in total. The van der Waals surface area contributed by atoms with Crippen molar-refractivity contribution in [3.63, 3.8) is 0 Å². The summed E-state index contributed by atoms with van der Waals surface area (Å²) < 4.78 is 36.5. The largest absolute Gasteiger partial charge is 0.494 e. The van der Waals surface area contributed by atoms with Crippen molar-refractivity contribution in [2.45, 2.75) is 0 Å². The Hall–Kier alpha value is -5.01. The van der Waals surface area contributed by atoms with Crippen LogP contribution in [0.25, 0.3) is 0 Å². The van der Waals surface area contributed by atoms with Crippen LogP contribution < -0.4 is 20.3 Å². The summed E-state index contributed by atoms with van der Waals surface area (Å²) in [6.07, 6.45) is 8.74. The molecule has 0 spiro atoms. The number of pyridine rings is 2. The second-order valence-corrected chi connectivity index (χ2v) is 7.66. The summed E-state index contributed by atoms with van der Waals surface area (Å²) in [6.45, 7) is 0. The quantitative estimate of drug-likeness (QED) is 0.231. The minimum Gasteiger partial charge on any atom is -0.494 e. The smallest absolute Gasteiger partial charge is 0.271 e. The first-order chi connectivity index (χ1) is 19.4. The van der Waals surface area contributed by atoms with Crippen molar-refractivity contribution in [1.82, 2.24) is 20.8 Å². The van der Waals surface area contributed by atoms with Gasteiger partial charge < -0.3 is 9.47 Å². The van der Waals surface area contributed by atoms with Gasteiger partial charge in [0.2, 0.25) is 0 Å². The van der Waals surface area contributed by atoms with Gasteiger partial charge in [0, 0.05) is 52.7 Å². The fraction of sp³-hybridized carbons (Fsp3) is 0.0714. The predicted molar refractivity (Wildman–Crippen MR) is 144 cm³/mol. The van der Waals surface area contributed by atoms with Gasteiger partial charge in [-0.3, -0.25) is 19.6 Å². The van der Waals surface area contributed by atoms with Crippen LogP contribution in [0.2, 0.25) is 0 Å². The third-order valence-corrected chi connectivity index (χ3v) is 5.00. The molecule has 0 saturated heterocycles. The Labute approximate surface area is 244 Å². The van der Waals surface area contributed by atoms with Crippen molar-refractivity contribution >= 4 is 24.2 Å². The van der Waals surface area contributed by atoms with Gasteiger partial charge in [-0.1, -0.05) is 0 Å². The second kappa shape index (κ2) is 16.8. The van der Waals surface area contributed by atoms with Gasteiger partial charge in [-0.2, -0.15) is 10.2 Å². The van der Waals surface area contributed by atoms with Crippen molar-refractivity contribution in [2.75, 3.05) is 14.2 Å². The molecule has 4 rings (SSSR count). The van der Waals surface area contributed by atoms with Crippen LogP contribution in [0.1, 0.15) is 31.8 Å². The van der Waals surface area contributed by atoms with E-state index in [0.717, 1.165) is 0 Å². The van der Waals surface area contributed by atoms with Crippen LogP contribution >= 0.6 is 0 Å². The summed E-state index contributed by atoms with van der Waals surface area (Å²) in [5, 5.41) is 7.52. The molecular weight excluding hydrogens is 581 g/mol. The van der Waals surface area contributed by atoms with E-state index >= 15 is 0 Å². The van der Waals surface area contributed by atoms with E-state index < -0.39 is 11.6 Å². The third-order valence-electron chi connectivity index (χ3n) is 5.00.